The molecule has 0 bridgehead atoms. The maximum Gasteiger partial charge on any atom is 0.0593 e. The molecule has 1 rings (SSSR count). The summed E-state index contributed by atoms with van der Waals surface area (Å²) in [5.41, 5.74) is 0. The van der Waals surface area contributed by atoms with E-state index in [9.17, 15) is 5.11 Å². The van der Waals surface area contributed by atoms with Crippen molar-refractivity contribution in [1.82, 2.24) is 0 Å². The maximum absolute atomic E-state index is 9.64. The molecule has 1 N–H and O–H groups in total. The van der Waals surface area contributed by atoms with E-state index in [0.717, 1.165) is 6.42 Å². The normalized spacial score (nSPS) is 41.7. The summed E-state index contributed by atoms with van der Waals surface area (Å²) in [4.78, 5) is 0. The lowest BCUT2D eigenvalue weighted by atomic mass is 9.78. The molecule has 0 amide bonds. The number of aliphatic hydroxyl groups excluding tert-OH is 1. The van der Waals surface area contributed by atoms with Crippen LogP contribution in [0.25, 0.3) is 0 Å². The van der Waals surface area contributed by atoms with Crippen LogP contribution in [-0.2, 0) is 0 Å². The van der Waals surface area contributed by atoms with E-state index in [-0.39, 0.29) is 6.10 Å². The first-order chi connectivity index (χ1) is 4.75. The quantitative estimate of drug-likeness (QED) is 0.595. The van der Waals surface area contributed by atoms with Crippen molar-refractivity contribution in [1.29, 1.82) is 0 Å². The van der Waals surface area contributed by atoms with Crippen LogP contribution in [0.15, 0.2) is 0 Å². The Kier molecular flexibility index (Phi) is 2.72. The molecule has 1 heteroatoms. The van der Waals surface area contributed by atoms with Crippen molar-refractivity contribution >= 4 is 0 Å². The third-order valence-corrected chi connectivity index (χ3v) is 2.82. The molecule has 1 saturated carbocycles. The van der Waals surface area contributed by atoms with Gasteiger partial charge >= 0.3 is 0 Å². The van der Waals surface area contributed by atoms with Crippen molar-refractivity contribution in [3.05, 3.63) is 0 Å². The molecule has 10 heavy (non-hydrogen) atoms. The van der Waals surface area contributed by atoms with Crippen LogP contribution < -0.4 is 0 Å². The molecule has 3 atom stereocenters. The average molecular weight is 142 g/mol. The van der Waals surface area contributed by atoms with Gasteiger partial charge < -0.3 is 5.11 Å². The summed E-state index contributed by atoms with van der Waals surface area (Å²) in [5.74, 6) is 1.13. The highest BCUT2D eigenvalue weighted by Crippen LogP contribution is 2.30. The van der Waals surface area contributed by atoms with E-state index < -0.39 is 0 Å². The molecule has 0 aromatic rings. The molecule has 60 valence electrons. The molecule has 1 nitrogen and oxygen atoms in total. The Bertz CT molecular complexity index is 101. The van der Waals surface area contributed by atoms with E-state index in [4.69, 9.17) is 0 Å². The molecule has 0 saturated heterocycles. The van der Waals surface area contributed by atoms with Gasteiger partial charge in [0.2, 0.25) is 0 Å². The Morgan fingerprint density at radius 2 is 2.10 bits per heavy atom. The monoisotopic (exact) mass is 142 g/mol. The van der Waals surface area contributed by atoms with Crippen LogP contribution in [0.5, 0.6) is 0 Å². The van der Waals surface area contributed by atoms with Gasteiger partial charge in [0.25, 0.3) is 0 Å². The van der Waals surface area contributed by atoms with Gasteiger partial charge in [0, 0.05) is 0 Å². The van der Waals surface area contributed by atoms with Crippen LogP contribution in [0.2, 0.25) is 0 Å². The zero-order chi connectivity index (χ0) is 7.56. The van der Waals surface area contributed by atoms with Crippen LogP contribution in [0.3, 0.4) is 0 Å². The molecule has 1 fully saturated rings. The molecule has 1 aliphatic carbocycles. The highest BCUT2D eigenvalue weighted by Gasteiger charge is 2.26. The van der Waals surface area contributed by atoms with Gasteiger partial charge in [-0.1, -0.05) is 26.7 Å². The molecule has 0 aromatic carbocycles. The molecular weight excluding hydrogens is 124 g/mol. The van der Waals surface area contributed by atoms with Gasteiger partial charge in [-0.2, -0.15) is 0 Å². The Morgan fingerprint density at radius 1 is 1.40 bits per heavy atom. The van der Waals surface area contributed by atoms with Crippen molar-refractivity contribution in [2.45, 2.75) is 45.6 Å². The molecule has 0 radical (unpaired) electrons. The van der Waals surface area contributed by atoms with Gasteiger partial charge in [-0.3, -0.25) is 0 Å². The molecule has 0 aliphatic heterocycles. The van der Waals surface area contributed by atoms with Crippen molar-refractivity contribution < 1.29 is 5.11 Å². The van der Waals surface area contributed by atoms with E-state index in [2.05, 4.69) is 13.8 Å². The second-order valence-corrected chi connectivity index (χ2v) is 3.57. The van der Waals surface area contributed by atoms with Gasteiger partial charge in [0.15, 0.2) is 0 Å². The second-order valence-electron chi connectivity index (χ2n) is 3.57. The van der Waals surface area contributed by atoms with Crippen LogP contribution in [-0.4, -0.2) is 11.2 Å². The van der Waals surface area contributed by atoms with Crippen molar-refractivity contribution in [2.75, 3.05) is 0 Å². The van der Waals surface area contributed by atoms with E-state index in [0.29, 0.717) is 11.8 Å². The third kappa shape index (κ3) is 1.51. The SMILES string of the molecule is CC[C@H]1CCC[C@@H](C)[C@H]1O. The minimum Gasteiger partial charge on any atom is -0.393 e. The predicted octanol–water partition coefficient (Wildman–Crippen LogP) is 2.19. The molecule has 0 aromatic heterocycles. The smallest absolute Gasteiger partial charge is 0.0593 e. The minimum atomic E-state index is -0.0150. The van der Waals surface area contributed by atoms with E-state index >= 15 is 0 Å². The Hall–Kier alpha value is -0.0400. The van der Waals surface area contributed by atoms with Crippen LogP contribution >= 0.6 is 0 Å². The fraction of sp³-hybridized carbons (Fsp3) is 1.00. The topological polar surface area (TPSA) is 20.2 Å². The number of rotatable bonds is 1. The predicted molar refractivity (Wildman–Crippen MR) is 42.8 cm³/mol. The van der Waals surface area contributed by atoms with Gasteiger partial charge in [0.1, 0.15) is 0 Å². The highest BCUT2D eigenvalue weighted by molar-refractivity contribution is 4.78. The fourth-order valence-corrected chi connectivity index (χ4v) is 1.95. The Balaban J connectivity index is 2.42. The third-order valence-electron chi connectivity index (χ3n) is 2.82. The first-order valence-electron chi connectivity index (χ1n) is 4.43. The molecular formula is C9H18O. The summed E-state index contributed by atoms with van der Waals surface area (Å²) < 4.78 is 0. The van der Waals surface area contributed by atoms with Gasteiger partial charge in [-0.25, -0.2) is 0 Å². The van der Waals surface area contributed by atoms with Crippen molar-refractivity contribution in [3.63, 3.8) is 0 Å². The summed E-state index contributed by atoms with van der Waals surface area (Å²) >= 11 is 0. The minimum absolute atomic E-state index is 0.0150. The van der Waals surface area contributed by atoms with Gasteiger partial charge in [-0.05, 0) is 24.7 Å². The first kappa shape index (κ1) is 8.06. The number of hydrogen-bond donors (Lipinski definition) is 1. The molecule has 0 heterocycles. The summed E-state index contributed by atoms with van der Waals surface area (Å²) in [5, 5.41) is 9.64. The van der Waals surface area contributed by atoms with Crippen molar-refractivity contribution in [3.8, 4) is 0 Å². The zero-order valence-corrected chi connectivity index (χ0v) is 7.01. The Morgan fingerprint density at radius 3 is 2.60 bits per heavy atom. The van der Waals surface area contributed by atoms with Gasteiger partial charge in [-0.15, -0.1) is 0 Å². The van der Waals surface area contributed by atoms with Gasteiger partial charge in [0.05, 0.1) is 6.10 Å². The lowest BCUT2D eigenvalue weighted by molar-refractivity contribution is 0.0237. The van der Waals surface area contributed by atoms with Crippen LogP contribution in [0, 0.1) is 11.8 Å². The lowest BCUT2D eigenvalue weighted by Crippen LogP contribution is -2.31. The van der Waals surface area contributed by atoms with Crippen LogP contribution in [0.4, 0.5) is 0 Å². The standard InChI is InChI=1S/C9H18O/c1-3-8-6-4-5-7(2)9(8)10/h7-10H,3-6H2,1-2H3/t7-,8+,9-/m1/s1. The summed E-state index contributed by atoms with van der Waals surface area (Å²) in [6.45, 7) is 4.33. The summed E-state index contributed by atoms with van der Waals surface area (Å²) in [6.07, 6.45) is 4.90. The number of aliphatic hydroxyl groups is 1. The fourth-order valence-electron chi connectivity index (χ4n) is 1.95. The van der Waals surface area contributed by atoms with E-state index in [1.807, 2.05) is 0 Å². The highest BCUT2D eigenvalue weighted by atomic mass is 16.3. The molecule has 1 aliphatic rings. The number of hydrogen-bond acceptors (Lipinski definition) is 1. The maximum atomic E-state index is 9.64. The second kappa shape index (κ2) is 3.38. The molecule has 0 unspecified atom stereocenters. The van der Waals surface area contributed by atoms with E-state index in [1.165, 1.54) is 19.3 Å². The Labute approximate surface area is 63.4 Å². The largest absolute Gasteiger partial charge is 0.393 e. The first-order valence-corrected chi connectivity index (χ1v) is 4.43. The van der Waals surface area contributed by atoms with Crippen molar-refractivity contribution in [2.24, 2.45) is 11.8 Å². The van der Waals surface area contributed by atoms with Crippen LogP contribution in [0.1, 0.15) is 39.5 Å². The van der Waals surface area contributed by atoms with E-state index in [1.54, 1.807) is 0 Å². The average Bonchev–Trinajstić information content (AvgIpc) is 1.95. The summed E-state index contributed by atoms with van der Waals surface area (Å²) in [7, 11) is 0. The zero-order valence-electron chi connectivity index (χ0n) is 7.01. The summed E-state index contributed by atoms with van der Waals surface area (Å²) in [6, 6.07) is 0. The molecule has 0 spiro atoms. The lowest BCUT2D eigenvalue weighted by Gasteiger charge is -2.31.